The Kier molecular flexibility index (Phi) is 4.01. The smallest absolute Gasteiger partial charge is 0.270 e. The maximum absolute atomic E-state index is 13.4. The van der Waals surface area contributed by atoms with Crippen molar-refractivity contribution in [3.8, 4) is 0 Å². The number of ether oxygens (including phenoxy) is 1. The predicted molar refractivity (Wildman–Crippen MR) is 87.2 cm³/mol. The zero-order valence-electron chi connectivity index (χ0n) is 13.5. The van der Waals surface area contributed by atoms with Crippen LogP contribution in [0.15, 0.2) is 42.6 Å². The van der Waals surface area contributed by atoms with Gasteiger partial charge in [-0.25, -0.2) is 4.39 Å². The number of H-pyrrole nitrogens is 1. The van der Waals surface area contributed by atoms with E-state index in [1.807, 2.05) is 0 Å². The van der Waals surface area contributed by atoms with Crippen LogP contribution in [0.3, 0.4) is 0 Å². The number of aromatic amines is 1. The second kappa shape index (κ2) is 6.33. The van der Waals surface area contributed by atoms with Gasteiger partial charge in [-0.1, -0.05) is 12.1 Å². The summed E-state index contributed by atoms with van der Waals surface area (Å²) in [5.41, 5.74) is 1.24. The van der Waals surface area contributed by atoms with E-state index in [0.29, 0.717) is 25.3 Å². The SMILES string of the molecule is O=C(c1ccc[nH]1)N1C[C@@H]2[C@@H](C1)OCC(=O)N2Cc1cccc(F)c1. The molecular weight excluding hydrogens is 325 g/mol. The van der Waals surface area contributed by atoms with Crippen LogP contribution in [0.1, 0.15) is 16.1 Å². The lowest BCUT2D eigenvalue weighted by molar-refractivity contribution is -0.153. The van der Waals surface area contributed by atoms with Gasteiger partial charge < -0.3 is 19.5 Å². The highest BCUT2D eigenvalue weighted by Crippen LogP contribution is 2.26. The van der Waals surface area contributed by atoms with Crippen LogP contribution in [0.25, 0.3) is 0 Å². The summed E-state index contributed by atoms with van der Waals surface area (Å²) in [4.78, 5) is 31.2. The number of carbonyl (C=O) groups is 2. The Hall–Kier alpha value is -2.67. The van der Waals surface area contributed by atoms with Crippen LogP contribution in [-0.2, 0) is 16.1 Å². The number of halogens is 1. The van der Waals surface area contributed by atoms with E-state index in [2.05, 4.69) is 4.98 Å². The van der Waals surface area contributed by atoms with Crippen LogP contribution >= 0.6 is 0 Å². The van der Waals surface area contributed by atoms with Gasteiger partial charge in [0.15, 0.2) is 0 Å². The molecule has 1 aromatic carbocycles. The van der Waals surface area contributed by atoms with Crippen molar-refractivity contribution in [1.82, 2.24) is 14.8 Å². The Morgan fingerprint density at radius 1 is 1.28 bits per heavy atom. The molecule has 0 radical (unpaired) electrons. The van der Waals surface area contributed by atoms with Gasteiger partial charge in [-0.05, 0) is 29.8 Å². The molecule has 0 saturated carbocycles. The van der Waals surface area contributed by atoms with Crippen LogP contribution in [0.4, 0.5) is 4.39 Å². The maximum Gasteiger partial charge on any atom is 0.270 e. The van der Waals surface area contributed by atoms with Crippen molar-refractivity contribution < 1.29 is 18.7 Å². The minimum atomic E-state index is -0.329. The van der Waals surface area contributed by atoms with Crippen molar-refractivity contribution in [3.05, 3.63) is 59.7 Å². The number of benzene rings is 1. The van der Waals surface area contributed by atoms with E-state index in [-0.39, 0.29) is 36.4 Å². The van der Waals surface area contributed by atoms with Crippen LogP contribution in [0.2, 0.25) is 0 Å². The van der Waals surface area contributed by atoms with E-state index in [1.165, 1.54) is 12.1 Å². The first-order valence-corrected chi connectivity index (χ1v) is 8.20. The van der Waals surface area contributed by atoms with Gasteiger partial charge in [0.05, 0.1) is 12.1 Å². The van der Waals surface area contributed by atoms with E-state index in [1.54, 1.807) is 40.3 Å². The predicted octanol–water partition coefficient (Wildman–Crippen LogP) is 1.41. The summed E-state index contributed by atoms with van der Waals surface area (Å²) in [5.74, 6) is -0.578. The summed E-state index contributed by atoms with van der Waals surface area (Å²) in [5, 5.41) is 0. The van der Waals surface area contributed by atoms with Crippen LogP contribution in [0.5, 0.6) is 0 Å². The van der Waals surface area contributed by atoms with Gasteiger partial charge in [0.25, 0.3) is 5.91 Å². The molecule has 2 atom stereocenters. The third-order valence-electron chi connectivity index (χ3n) is 4.74. The molecule has 7 heteroatoms. The molecule has 2 saturated heterocycles. The first kappa shape index (κ1) is 15.8. The molecule has 0 spiro atoms. The molecule has 6 nitrogen and oxygen atoms in total. The number of morpholine rings is 1. The van der Waals surface area contributed by atoms with Crippen molar-refractivity contribution >= 4 is 11.8 Å². The lowest BCUT2D eigenvalue weighted by atomic mass is 10.1. The molecule has 0 unspecified atom stereocenters. The molecule has 2 fully saturated rings. The number of amides is 2. The van der Waals surface area contributed by atoms with Crippen molar-refractivity contribution in [2.24, 2.45) is 0 Å². The molecule has 0 bridgehead atoms. The van der Waals surface area contributed by atoms with Gasteiger partial charge in [-0.15, -0.1) is 0 Å². The standard InChI is InChI=1S/C18H18FN3O3/c19-13-4-1-3-12(7-13)8-22-15-9-21(10-16(15)25-11-17(22)23)18(24)14-5-2-6-20-14/h1-7,15-16,20H,8-11H2/t15-,16-/m1/s1. The Bertz CT molecular complexity index is 793. The Morgan fingerprint density at radius 2 is 2.16 bits per heavy atom. The number of fused-ring (bicyclic) bond motifs is 1. The van der Waals surface area contributed by atoms with Crippen molar-refractivity contribution in [1.29, 1.82) is 0 Å². The van der Waals surface area contributed by atoms with Crippen LogP contribution in [-0.4, -0.2) is 58.4 Å². The van der Waals surface area contributed by atoms with Gasteiger partial charge in [0.2, 0.25) is 5.91 Å². The Morgan fingerprint density at radius 3 is 2.92 bits per heavy atom. The molecule has 4 rings (SSSR count). The van der Waals surface area contributed by atoms with Gasteiger partial charge in [0.1, 0.15) is 18.1 Å². The first-order valence-electron chi connectivity index (χ1n) is 8.20. The lowest BCUT2D eigenvalue weighted by Gasteiger charge is -2.36. The van der Waals surface area contributed by atoms with Gasteiger partial charge in [-0.2, -0.15) is 0 Å². The molecule has 0 aliphatic carbocycles. The quantitative estimate of drug-likeness (QED) is 0.916. The molecule has 2 aliphatic heterocycles. The number of nitrogens with one attached hydrogen (secondary N) is 1. The van der Waals surface area contributed by atoms with Gasteiger partial charge in [-0.3, -0.25) is 9.59 Å². The fourth-order valence-electron chi connectivity index (χ4n) is 3.50. The van der Waals surface area contributed by atoms with Crippen LogP contribution in [0, 0.1) is 5.82 Å². The van der Waals surface area contributed by atoms with Crippen LogP contribution < -0.4 is 0 Å². The Labute approximate surface area is 144 Å². The summed E-state index contributed by atoms with van der Waals surface area (Å²) in [6.07, 6.45) is 1.48. The number of likely N-dealkylation sites (tertiary alicyclic amines) is 1. The van der Waals surface area contributed by atoms with E-state index in [0.717, 1.165) is 5.56 Å². The fourth-order valence-corrected chi connectivity index (χ4v) is 3.50. The number of nitrogens with zero attached hydrogens (tertiary/aromatic N) is 2. The number of rotatable bonds is 3. The second-order valence-electron chi connectivity index (χ2n) is 6.36. The highest BCUT2D eigenvalue weighted by molar-refractivity contribution is 5.92. The fraction of sp³-hybridized carbons (Fsp3) is 0.333. The topological polar surface area (TPSA) is 65.6 Å². The summed E-state index contributed by atoms with van der Waals surface area (Å²) in [6.45, 7) is 1.14. The van der Waals surface area contributed by atoms with Crippen molar-refractivity contribution in [3.63, 3.8) is 0 Å². The first-order chi connectivity index (χ1) is 12.1. The minimum absolute atomic E-state index is 0.0129. The maximum atomic E-state index is 13.4. The number of carbonyl (C=O) groups excluding carboxylic acids is 2. The molecule has 1 N–H and O–H groups in total. The molecular formula is C18H18FN3O3. The average molecular weight is 343 g/mol. The number of hydrogen-bond donors (Lipinski definition) is 1. The monoisotopic (exact) mass is 343 g/mol. The number of aromatic nitrogens is 1. The van der Waals surface area contributed by atoms with Crippen molar-refractivity contribution in [2.75, 3.05) is 19.7 Å². The number of hydrogen-bond acceptors (Lipinski definition) is 3. The molecule has 2 amide bonds. The summed E-state index contributed by atoms with van der Waals surface area (Å²) in [6, 6.07) is 9.49. The highest BCUT2D eigenvalue weighted by atomic mass is 19.1. The summed E-state index contributed by atoms with van der Waals surface area (Å²) < 4.78 is 19.1. The zero-order chi connectivity index (χ0) is 17.4. The van der Waals surface area contributed by atoms with E-state index in [4.69, 9.17) is 4.74 Å². The molecule has 130 valence electrons. The molecule has 2 aliphatic rings. The van der Waals surface area contributed by atoms with E-state index in [9.17, 15) is 14.0 Å². The normalized spacial score (nSPS) is 23.0. The molecule has 25 heavy (non-hydrogen) atoms. The average Bonchev–Trinajstić information content (AvgIpc) is 3.26. The van der Waals surface area contributed by atoms with Crippen molar-refractivity contribution in [2.45, 2.75) is 18.7 Å². The Balaban J connectivity index is 1.52. The largest absolute Gasteiger partial charge is 0.364 e. The lowest BCUT2D eigenvalue weighted by Crippen LogP contribution is -2.53. The third-order valence-corrected chi connectivity index (χ3v) is 4.74. The van der Waals surface area contributed by atoms with E-state index >= 15 is 0 Å². The molecule has 2 aromatic rings. The van der Waals surface area contributed by atoms with Gasteiger partial charge in [0, 0.05) is 25.8 Å². The molecule has 3 heterocycles. The summed E-state index contributed by atoms with van der Waals surface area (Å²) >= 11 is 0. The van der Waals surface area contributed by atoms with E-state index < -0.39 is 0 Å². The second-order valence-corrected chi connectivity index (χ2v) is 6.36. The summed E-state index contributed by atoms with van der Waals surface area (Å²) in [7, 11) is 0. The minimum Gasteiger partial charge on any atom is -0.364 e. The zero-order valence-corrected chi connectivity index (χ0v) is 13.5. The molecule has 1 aromatic heterocycles. The van der Waals surface area contributed by atoms with Gasteiger partial charge >= 0.3 is 0 Å². The third kappa shape index (κ3) is 3.02. The highest BCUT2D eigenvalue weighted by Gasteiger charge is 2.44.